The first kappa shape index (κ1) is 12.4. The summed E-state index contributed by atoms with van der Waals surface area (Å²) in [5.74, 6) is 1.41. The Morgan fingerprint density at radius 2 is 2.33 bits per heavy atom. The fourth-order valence-corrected chi connectivity index (χ4v) is 2.05. The Morgan fingerprint density at radius 3 is 2.80 bits per heavy atom. The van der Waals surface area contributed by atoms with E-state index in [4.69, 9.17) is 18.0 Å². The third kappa shape index (κ3) is 3.78. The molecule has 1 fully saturated rings. The van der Waals surface area contributed by atoms with E-state index in [0.29, 0.717) is 23.2 Å². The summed E-state index contributed by atoms with van der Waals surface area (Å²) in [6.45, 7) is 6.07. The lowest BCUT2D eigenvalue weighted by molar-refractivity contribution is -0.127. The molecule has 1 aliphatic heterocycles. The first-order chi connectivity index (χ1) is 7.00. The minimum absolute atomic E-state index is 0.289. The van der Waals surface area contributed by atoms with Crippen LogP contribution < -0.4 is 5.73 Å². The Morgan fingerprint density at radius 1 is 1.67 bits per heavy atom. The quantitative estimate of drug-likeness (QED) is 0.726. The summed E-state index contributed by atoms with van der Waals surface area (Å²) in [6.07, 6.45) is 2.35. The average Bonchev–Trinajstić information content (AvgIpc) is 2.47. The standard InChI is InChI=1S/C11H20N2OS/c1-8(2)9-6-11(14)13(7-9)5-3-4-10(12)15/h8-9H,3-7H2,1-2H3,(H2,12,15). The summed E-state index contributed by atoms with van der Waals surface area (Å²) in [6, 6.07) is 0. The SMILES string of the molecule is CC(C)C1CC(=O)N(CCCC(N)=S)C1. The lowest BCUT2D eigenvalue weighted by Gasteiger charge is -2.17. The van der Waals surface area contributed by atoms with Crippen LogP contribution in [0.25, 0.3) is 0 Å². The summed E-state index contributed by atoms with van der Waals surface area (Å²) in [7, 11) is 0. The van der Waals surface area contributed by atoms with Gasteiger partial charge in [-0.05, 0) is 24.7 Å². The van der Waals surface area contributed by atoms with Crippen LogP contribution in [-0.2, 0) is 4.79 Å². The third-order valence-electron chi connectivity index (χ3n) is 3.04. The molecule has 3 nitrogen and oxygen atoms in total. The van der Waals surface area contributed by atoms with Gasteiger partial charge < -0.3 is 10.6 Å². The molecule has 0 bridgehead atoms. The molecule has 15 heavy (non-hydrogen) atoms. The molecular formula is C11H20N2OS. The van der Waals surface area contributed by atoms with Crippen molar-refractivity contribution >= 4 is 23.1 Å². The highest BCUT2D eigenvalue weighted by atomic mass is 32.1. The predicted octanol–water partition coefficient (Wildman–Crippen LogP) is 1.56. The minimum atomic E-state index is 0.289. The van der Waals surface area contributed by atoms with E-state index in [1.54, 1.807) is 0 Å². The maximum Gasteiger partial charge on any atom is 0.222 e. The fraction of sp³-hybridized carbons (Fsp3) is 0.818. The number of thiocarbonyl (C=S) groups is 1. The van der Waals surface area contributed by atoms with E-state index in [-0.39, 0.29) is 5.91 Å². The van der Waals surface area contributed by atoms with Crippen LogP contribution in [-0.4, -0.2) is 28.9 Å². The molecule has 86 valence electrons. The van der Waals surface area contributed by atoms with Gasteiger partial charge in [-0.2, -0.15) is 0 Å². The molecule has 0 aromatic heterocycles. The molecule has 1 amide bonds. The Bertz CT molecular complexity index is 253. The first-order valence-electron chi connectivity index (χ1n) is 5.56. The topological polar surface area (TPSA) is 46.3 Å². The molecule has 2 N–H and O–H groups in total. The van der Waals surface area contributed by atoms with Gasteiger partial charge in [-0.1, -0.05) is 26.1 Å². The highest BCUT2D eigenvalue weighted by Crippen LogP contribution is 2.24. The van der Waals surface area contributed by atoms with Gasteiger partial charge in [-0.25, -0.2) is 0 Å². The second-order valence-corrected chi connectivity index (χ2v) is 5.14. The van der Waals surface area contributed by atoms with Gasteiger partial charge in [0.05, 0.1) is 4.99 Å². The fourth-order valence-electron chi connectivity index (χ4n) is 1.91. The lowest BCUT2D eigenvalue weighted by atomic mass is 9.95. The maximum absolute atomic E-state index is 11.6. The van der Waals surface area contributed by atoms with Gasteiger partial charge in [0.2, 0.25) is 5.91 Å². The van der Waals surface area contributed by atoms with Crippen LogP contribution in [0.4, 0.5) is 0 Å². The van der Waals surface area contributed by atoms with E-state index < -0.39 is 0 Å². The molecule has 1 heterocycles. The lowest BCUT2D eigenvalue weighted by Crippen LogP contribution is -2.27. The van der Waals surface area contributed by atoms with Crippen molar-refractivity contribution in [3.8, 4) is 0 Å². The van der Waals surface area contributed by atoms with Crippen LogP contribution in [0.5, 0.6) is 0 Å². The predicted molar refractivity (Wildman–Crippen MR) is 65.5 cm³/mol. The highest BCUT2D eigenvalue weighted by Gasteiger charge is 2.30. The van der Waals surface area contributed by atoms with Gasteiger partial charge in [-0.3, -0.25) is 4.79 Å². The van der Waals surface area contributed by atoms with Crippen LogP contribution in [0.15, 0.2) is 0 Å². The first-order valence-corrected chi connectivity index (χ1v) is 5.97. The van der Waals surface area contributed by atoms with E-state index in [0.717, 1.165) is 25.9 Å². The molecule has 1 aliphatic rings. The number of hydrogen-bond acceptors (Lipinski definition) is 2. The van der Waals surface area contributed by atoms with E-state index in [1.165, 1.54) is 0 Å². The van der Waals surface area contributed by atoms with Crippen molar-refractivity contribution in [3.63, 3.8) is 0 Å². The van der Waals surface area contributed by atoms with Crippen LogP contribution in [0.1, 0.15) is 33.1 Å². The van der Waals surface area contributed by atoms with Gasteiger partial charge in [0, 0.05) is 19.5 Å². The van der Waals surface area contributed by atoms with Crippen molar-refractivity contribution in [1.82, 2.24) is 4.90 Å². The van der Waals surface area contributed by atoms with Crippen LogP contribution in [0, 0.1) is 11.8 Å². The van der Waals surface area contributed by atoms with Gasteiger partial charge in [0.25, 0.3) is 0 Å². The highest BCUT2D eigenvalue weighted by molar-refractivity contribution is 7.80. The molecule has 1 unspecified atom stereocenters. The smallest absolute Gasteiger partial charge is 0.222 e. The number of likely N-dealkylation sites (tertiary alicyclic amines) is 1. The molecule has 0 aromatic carbocycles. The van der Waals surface area contributed by atoms with E-state index in [2.05, 4.69) is 13.8 Å². The molecule has 0 radical (unpaired) electrons. The normalized spacial score (nSPS) is 21.4. The number of carbonyl (C=O) groups excluding carboxylic acids is 1. The zero-order valence-corrected chi connectivity index (χ0v) is 10.3. The molecule has 4 heteroatoms. The van der Waals surface area contributed by atoms with Crippen molar-refractivity contribution in [1.29, 1.82) is 0 Å². The summed E-state index contributed by atoms with van der Waals surface area (Å²) in [5.41, 5.74) is 5.42. The van der Waals surface area contributed by atoms with E-state index in [1.807, 2.05) is 4.90 Å². The average molecular weight is 228 g/mol. The summed E-state index contributed by atoms with van der Waals surface area (Å²) in [4.78, 5) is 14.1. The number of rotatable bonds is 5. The van der Waals surface area contributed by atoms with Crippen LogP contribution in [0.2, 0.25) is 0 Å². The third-order valence-corrected chi connectivity index (χ3v) is 3.24. The molecule has 0 spiro atoms. The minimum Gasteiger partial charge on any atom is -0.393 e. The van der Waals surface area contributed by atoms with Crippen LogP contribution >= 0.6 is 12.2 Å². The summed E-state index contributed by atoms with van der Waals surface area (Å²) in [5, 5.41) is 0. The molecule has 0 saturated carbocycles. The maximum atomic E-state index is 11.6. The van der Waals surface area contributed by atoms with Crippen LogP contribution in [0.3, 0.4) is 0 Å². The van der Waals surface area contributed by atoms with Gasteiger partial charge in [-0.15, -0.1) is 0 Å². The van der Waals surface area contributed by atoms with Crippen molar-refractivity contribution in [3.05, 3.63) is 0 Å². The number of amides is 1. The van der Waals surface area contributed by atoms with Crippen molar-refractivity contribution < 1.29 is 4.79 Å². The van der Waals surface area contributed by atoms with Gasteiger partial charge in [0.15, 0.2) is 0 Å². The second-order valence-electron chi connectivity index (χ2n) is 4.62. The molecule has 1 rings (SSSR count). The number of nitrogens with two attached hydrogens (primary N) is 1. The number of hydrogen-bond donors (Lipinski definition) is 1. The van der Waals surface area contributed by atoms with Crippen molar-refractivity contribution in [2.45, 2.75) is 33.1 Å². The largest absolute Gasteiger partial charge is 0.393 e. The molecular weight excluding hydrogens is 208 g/mol. The Hall–Kier alpha value is -0.640. The Balaban J connectivity index is 2.31. The molecule has 0 aromatic rings. The van der Waals surface area contributed by atoms with E-state index >= 15 is 0 Å². The Kier molecular flexibility index (Phi) is 4.51. The van der Waals surface area contributed by atoms with E-state index in [9.17, 15) is 4.79 Å². The summed E-state index contributed by atoms with van der Waals surface area (Å²) < 4.78 is 0. The number of carbonyl (C=O) groups is 1. The molecule has 1 saturated heterocycles. The molecule has 0 aliphatic carbocycles. The van der Waals surface area contributed by atoms with Gasteiger partial charge >= 0.3 is 0 Å². The Labute approximate surface area is 97.0 Å². The monoisotopic (exact) mass is 228 g/mol. The second kappa shape index (κ2) is 5.45. The number of nitrogens with zero attached hydrogens (tertiary/aromatic N) is 1. The van der Waals surface area contributed by atoms with Crippen molar-refractivity contribution in [2.24, 2.45) is 17.6 Å². The van der Waals surface area contributed by atoms with Gasteiger partial charge in [0.1, 0.15) is 0 Å². The van der Waals surface area contributed by atoms with Crippen molar-refractivity contribution in [2.75, 3.05) is 13.1 Å². The summed E-state index contributed by atoms with van der Waals surface area (Å²) >= 11 is 4.80. The molecule has 1 atom stereocenters. The zero-order valence-electron chi connectivity index (χ0n) is 9.53. The zero-order chi connectivity index (χ0) is 11.4.